The van der Waals surface area contributed by atoms with E-state index in [9.17, 15) is 0 Å². The molecule has 2 rings (SSSR count). The van der Waals surface area contributed by atoms with Crippen LogP contribution >= 0.6 is 0 Å². The minimum atomic E-state index is -0.205. The zero-order chi connectivity index (χ0) is 15.4. The lowest BCUT2D eigenvalue weighted by atomic mass is 10.0. The number of hydrazine groups is 1. The highest BCUT2D eigenvalue weighted by atomic mass is 16.5. The van der Waals surface area contributed by atoms with E-state index in [1.54, 1.807) is 14.2 Å². The molecule has 0 aliphatic heterocycles. The zero-order valence-electron chi connectivity index (χ0n) is 12.9. The van der Waals surface area contributed by atoms with E-state index in [-0.39, 0.29) is 6.04 Å². The first-order valence-electron chi connectivity index (χ1n) is 6.85. The molecule has 3 N–H and O–H groups in total. The largest absolute Gasteiger partial charge is 0.497 e. The number of nitrogens with two attached hydrogens (primary N) is 1. The number of rotatable bonds is 6. The Kier molecular flexibility index (Phi) is 4.82. The van der Waals surface area contributed by atoms with E-state index in [2.05, 4.69) is 17.4 Å². The fourth-order valence-corrected chi connectivity index (χ4v) is 2.38. The third-order valence-corrected chi connectivity index (χ3v) is 3.54. The van der Waals surface area contributed by atoms with Gasteiger partial charge in [0.15, 0.2) is 0 Å². The van der Waals surface area contributed by atoms with Crippen LogP contribution in [-0.4, -0.2) is 24.0 Å². The first-order chi connectivity index (χ1) is 10.1. The Labute approximate surface area is 124 Å². The average Bonchev–Trinajstić information content (AvgIpc) is 2.89. The van der Waals surface area contributed by atoms with Crippen molar-refractivity contribution in [2.75, 3.05) is 14.2 Å². The Hall–Kier alpha value is -2.05. The first kappa shape index (κ1) is 15.3. The van der Waals surface area contributed by atoms with E-state index in [0.29, 0.717) is 0 Å². The second kappa shape index (κ2) is 6.60. The molecule has 0 amide bonds. The molecule has 21 heavy (non-hydrogen) atoms. The van der Waals surface area contributed by atoms with Crippen molar-refractivity contribution >= 4 is 0 Å². The van der Waals surface area contributed by atoms with Gasteiger partial charge in [-0.05, 0) is 24.6 Å². The Bertz CT molecular complexity index is 610. The molecule has 6 heteroatoms. The van der Waals surface area contributed by atoms with Crippen LogP contribution < -0.4 is 20.7 Å². The molecule has 1 atom stereocenters. The van der Waals surface area contributed by atoms with Gasteiger partial charge in [-0.1, -0.05) is 6.92 Å². The number of hydrogen-bond donors (Lipinski definition) is 2. The summed E-state index contributed by atoms with van der Waals surface area (Å²) >= 11 is 0. The normalized spacial score (nSPS) is 12.2. The summed E-state index contributed by atoms with van der Waals surface area (Å²) in [6.07, 6.45) is 0.880. The van der Waals surface area contributed by atoms with Crippen LogP contribution in [0.25, 0.3) is 0 Å². The van der Waals surface area contributed by atoms with Gasteiger partial charge in [0.1, 0.15) is 11.5 Å². The quantitative estimate of drug-likeness (QED) is 0.624. The van der Waals surface area contributed by atoms with Crippen LogP contribution in [-0.2, 0) is 13.5 Å². The van der Waals surface area contributed by atoms with Crippen LogP contribution in [0.4, 0.5) is 0 Å². The number of aromatic nitrogens is 2. The molecule has 0 saturated carbocycles. The number of nitrogens with zero attached hydrogens (tertiary/aromatic N) is 2. The van der Waals surface area contributed by atoms with Crippen molar-refractivity contribution in [3.05, 3.63) is 41.2 Å². The minimum Gasteiger partial charge on any atom is -0.497 e. The van der Waals surface area contributed by atoms with Crippen LogP contribution in [0.1, 0.15) is 29.9 Å². The Morgan fingerprint density at radius 1 is 1.29 bits per heavy atom. The smallest absolute Gasteiger partial charge is 0.127 e. The summed E-state index contributed by atoms with van der Waals surface area (Å²) in [6.45, 7) is 2.07. The fraction of sp³-hybridized carbons (Fsp3) is 0.400. The summed E-state index contributed by atoms with van der Waals surface area (Å²) in [5.74, 6) is 7.23. The van der Waals surface area contributed by atoms with E-state index in [1.165, 1.54) is 0 Å². The molecule has 0 radical (unpaired) electrons. The van der Waals surface area contributed by atoms with Crippen molar-refractivity contribution in [3.8, 4) is 11.5 Å². The molecule has 6 nitrogen and oxygen atoms in total. The molecule has 0 saturated heterocycles. The highest BCUT2D eigenvalue weighted by Gasteiger charge is 2.21. The molecule has 1 unspecified atom stereocenters. The molecular formula is C15H22N4O2. The summed E-state index contributed by atoms with van der Waals surface area (Å²) in [4.78, 5) is 0. The highest BCUT2D eigenvalue weighted by Crippen LogP contribution is 2.32. The van der Waals surface area contributed by atoms with Crippen LogP contribution in [0.5, 0.6) is 11.5 Å². The second-order valence-electron chi connectivity index (χ2n) is 4.75. The molecule has 0 aliphatic carbocycles. The molecule has 0 spiro atoms. The lowest BCUT2D eigenvalue weighted by molar-refractivity contribution is 0.386. The Balaban J connectivity index is 2.47. The van der Waals surface area contributed by atoms with E-state index in [0.717, 1.165) is 34.9 Å². The van der Waals surface area contributed by atoms with E-state index in [1.807, 2.05) is 36.0 Å². The average molecular weight is 290 g/mol. The summed E-state index contributed by atoms with van der Waals surface area (Å²) < 4.78 is 12.5. The predicted molar refractivity (Wildman–Crippen MR) is 81.3 cm³/mol. The first-order valence-corrected chi connectivity index (χ1v) is 6.85. The molecule has 1 aromatic heterocycles. The predicted octanol–water partition coefficient (Wildman–Crippen LogP) is 1.55. The van der Waals surface area contributed by atoms with Crippen molar-refractivity contribution in [1.82, 2.24) is 15.2 Å². The van der Waals surface area contributed by atoms with E-state index >= 15 is 0 Å². The van der Waals surface area contributed by atoms with Gasteiger partial charge < -0.3 is 9.47 Å². The standard InChI is InChI=1S/C15H22N4O2/c1-5-10-8-13(19(2)18-10)15(17-16)12-7-6-11(20-3)9-14(12)21-4/h6-9,15,17H,5,16H2,1-4H3. The van der Waals surface area contributed by atoms with Crippen molar-refractivity contribution in [3.63, 3.8) is 0 Å². The molecule has 1 aromatic carbocycles. The van der Waals surface area contributed by atoms with E-state index < -0.39 is 0 Å². The maximum Gasteiger partial charge on any atom is 0.127 e. The lowest BCUT2D eigenvalue weighted by Crippen LogP contribution is -2.30. The summed E-state index contributed by atoms with van der Waals surface area (Å²) in [7, 11) is 5.17. The maximum atomic E-state index is 5.77. The number of ether oxygens (including phenoxy) is 2. The van der Waals surface area contributed by atoms with Crippen molar-refractivity contribution < 1.29 is 9.47 Å². The van der Waals surface area contributed by atoms with Crippen molar-refractivity contribution in [1.29, 1.82) is 0 Å². The zero-order valence-corrected chi connectivity index (χ0v) is 12.9. The molecule has 2 aromatic rings. The highest BCUT2D eigenvalue weighted by molar-refractivity contribution is 5.45. The number of hydrogen-bond acceptors (Lipinski definition) is 5. The van der Waals surface area contributed by atoms with Crippen LogP contribution in [0, 0.1) is 0 Å². The van der Waals surface area contributed by atoms with Gasteiger partial charge in [0.2, 0.25) is 0 Å². The maximum absolute atomic E-state index is 5.77. The second-order valence-corrected chi connectivity index (χ2v) is 4.75. The fourth-order valence-electron chi connectivity index (χ4n) is 2.38. The van der Waals surface area contributed by atoms with Crippen LogP contribution in [0.3, 0.4) is 0 Å². The summed E-state index contributed by atoms with van der Waals surface area (Å²) in [5.41, 5.74) is 5.79. The molecule has 0 aliphatic rings. The van der Waals surface area contributed by atoms with Gasteiger partial charge >= 0.3 is 0 Å². The number of aryl methyl sites for hydroxylation is 2. The van der Waals surface area contributed by atoms with Crippen molar-refractivity contribution in [2.24, 2.45) is 12.9 Å². The molecule has 0 fully saturated rings. The molecule has 0 bridgehead atoms. The van der Waals surface area contributed by atoms with Gasteiger partial charge in [-0.3, -0.25) is 10.5 Å². The van der Waals surface area contributed by atoms with Crippen molar-refractivity contribution in [2.45, 2.75) is 19.4 Å². The SMILES string of the molecule is CCc1cc(C(NN)c2ccc(OC)cc2OC)n(C)n1. The number of methoxy groups -OCH3 is 2. The van der Waals surface area contributed by atoms with Gasteiger partial charge in [0, 0.05) is 18.7 Å². The Morgan fingerprint density at radius 3 is 2.57 bits per heavy atom. The third kappa shape index (κ3) is 3.01. The monoisotopic (exact) mass is 290 g/mol. The molecular weight excluding hydrogens is 268 g/mol. The minimum absolute atomic E-state index is 0.205. The topological polar surface area (TPSA) is 74.3 Å². The van der Waals surface area contributed by atoms with Gasteiger partial charge in [-0.25, -0.2) is 5.43 Å². The molecule has 1 heterocycles. The van der Waals surface area contributed by atoms with Gasteiger partial charge in [0.05, 0.1) is 31.6 Å². The number of benzene rings is 1. The van der Waals surface area contributed by atoms with Crippen LogP contribution in [0.15, 0.2) is 24.3 Å². The van der Waals surface area contributed by atoms with Gasteiger partial charge in [-0.15, -0.1) is 0 Å². The number of nitrogens with one attached hydrogen (secondary N) is 1. The Morgan fingerprint density at radius 2 is 2.05 bits per heavy atom. The van der Waals surface area contributed by atoms with Gasteiger partial charge in [0.25, 0.3) is 0 Å². The van der Waals surface area contributed by atoms with E-state index in [4.69, 9.17) is 15.3 Å². The van der Waals surface area contributed by atoms with Gasteiger partial charge in [-0.2, -0.15) is 5.10 Å². The lowest BCUT2D eigenvalue weighted by Gasteiger charge is -2.19. The van der Waals surface area contributed by atoms with Crippen LogP contribution in [0.2, 0.25) is 0 Å². The summed E-state index contributed by atoms with van der Waals surface area (Å²) in [6, 6.07) is 7.52. The third-order valence-electron chi connectivity index (χ3n) is 3.54. The summed E-state index contributed by atoms with van der Waals surface area (Å²) in [5, 5.41) is 4.47. The molecule has 114 valence electrons.